The van der Waals surface area contributed by atoms with E-state index >= 15 is 0 Å². The molecule has 0 aromatic rings. The van der Waals surface area contributed by atoms with E-state index in [0.29, 0.717) is 0 Å². The van der Waals surface area contributed by atoms with Gasteiger partial charge in [-0.2, -0.15) is 4.89 Å². The molecule has 0 bridgehead atoms. The van der Waals surface area contributed by atoms with E-state index in [1.165, 1.54) is 13.8 Å². The van der Waals surface area contributed by atoms with Crippen LogP contribution in [0.4, 0.5) is 4.79 Å². The van der Waals surface area contributed by atoms with Gasteiger partial charge in [-0.1, -0.05) is 13.8 Å². The molecule has 0 spiro atoms. The van der Waals surface area contributed by atoms with Crippen LogP contribution in [-0.2, 0) is 24.0 Å². The average molecular weight is 290 g/mol. The molecule has 0 saturated carbocycles. The number of rotatable bonds is 7. The van der Waals surface area contributed by atoms with Gasteiger partial charge >= 0.3 is 12.1 Å². The van der Waals surface area contributed by atoms with Gasteiger partial charge in [0.15, 0.2) is 0 Å². The van der Waals surface area contributed by atoms with Crippen LogP contribution in [0.25, 0.3) is 0 Å². The lowest BCUT2D eigenvalue weighted by molar-refractivity contribution is -0.327. The second kappa shape index (κ2) is 7.74. The Morgan fingerprint density at radius 3 is 2.15 bits per heavy atom. The topological polar surface area (TPSA) is 91.3 Å². The molecule has 0 radical (unpaired) electrons. The highest BCUT2D eigenvalue weighted by molar-refractivity contribution is 5.87. The number of carboxylic acid groups (broad SMARTS) is 1. The van der Waals surface area contributed by atoms with E-state index in [4.69, 9.17) is 19.6 Å². The summed E-state index contributed by atoms with van der Waals surface area (Å²) in [5.74, 6) is -0.545. The van der Waals surface area contributed by atoms with Crippen molar-refractivity contribution in [2.24, 2.45) is 5.92 Å². The number of esters is 1. The van der Waals surface area contributed by atoms with Crippen LogP contribution >= 0.6 is 0 Å². The highest BCUT2D eigenvalue weighted by atomic mass is 17.2. The predicted molar refractivity (Wildman–Crippen MR) is 69.5 cm³/mol. The van der Waals surface area contributed by atoms with Crippen molar-refractivity contribution in [1.82, 2.24) is 0 Å². The fourth-order valence-corrected chi connectivity index (χ4v) is 0.774. The molecule has 7 heteroatoms. The molecule has 7 nitrogen and oxygen atoms in total. The Kier molecular flexibility index (Phi) is 7.06. The van der Waals surface area contributed by atoms with E-state index < -0.39 is 24.0 Å². The number of ether oxygens (including phenoxy) is 2. The normalized spacial score (nSPS) is 13.8. The summed E-state index contributed by atoms with van der Waals surface area (Å²) in [4.78, 5) is 31.8. The monoisotopic (exact) mass is 290 g/mol. The van der Waals surface area contributed by atoms with E-state index in [1.54, 1.807) is 0 Å². The maximum absolute atomic E-state index is 11.5. The Bertz CT molecular complexity index is 371. The van der Waals surface area contributed by atoms with Gasteiger partial charge < -0.3 is 19.5 Å². The number of hydrogen-bond acceptors (Lipinski definition) is 6. The summed E-state index contributed by atoms with van der Waals surface area (Å²) in [6.45, 7) is 10.4. The molecule has 0 aliphatic rings. The van der Waals surface area contributed by atoms with Gasteiger partial charge in [-0.25, -0.2) is 9.59 Å². The molecule has 0 aromatic carbocycles. The molecule has 116 valence electrons. The minimum Gasteiger partial charge on any atom is -0.450 e. The molecule has 1 unspecified atom stereocenters. The van der Waals surface area contributed by atoms with Crippen LogP contribution in [0.3, 0.4) is 0 Å². The minimum absolute atomic E-state index is 0.116. The van der Waals surface area contributed by atoms with Crippen molar-refractivity contribution < 1.29 is 33.9 Å². The summed E-state index contributed by atoms with van der Waals surface area (Å²) in [5.41, 5.74) is -0.397. The van der Waals surface area contributed by atoms with Crippen LogP contribution in [0.5, 0.6) is 0 Å². The van der Waals surface area contributed by atoms with Gasteiger partial charge in [-0.15, -0.1) is 0 Å². The Hall–Kier alpha value is -1.76. The third kappa shape index (κ3) is 6.98. The summed E-state index contributed by atoms with van der Waals surface area (Å²) >= 11 is 0. The van der Waals surface area contributed by atoms with E-state index in [9.17, 15) is 9.59 Å². The lowest BCUT2D eigenvalue weighted by atomic mass is 9.95. The molecule has 0 rings (SSSR count). The molecule has 0 aliphatic carbocycles. The molecule has 1 N–H and O–H groups in total. The Balaban J connectivity index is 4.31. The van der Waals surface area contributed by atoms with Gasteiger partial charge in [0, 0.05) is 6.92 Å². The fraction of sp³-hybridized carbons (Fsp3) is 0.692. The summed E-state index contributed by atoms with van der Waals surface area (Å²) in [7, 11) is 0. The van der Waals surface area contributed by atoms with Crippen LogP contribution < -0.4 is 0 Å². The maximum Gasteiger partial charge on any atom is 0.508 e. The van der Waals surface area contributed by atoms with Crippen molar-refractivity contribution in [3.05, 3.63) is 11.8 Å². The zero-order valence-electron chi connectivity index (χ0n) is 12.6. The second-order valence-corrected chi connectivity index (χ2v) is 5.10. The quantitative estimate of drug-likeness (QED) is 0.192. The summed E-state index contributed by atoms with van der Waals surface area (Å²) in [6, 6.07) is 0. The van der Waals surface area contributed by atoms with Crippen LogP contribution in [0.2, 0.25) is 0 Å². The van der Waals surface area contributed by atoms with Gasteiger partial charge in [0.1, 0.15) is 11.9 Å². The van der Waals surface area contributed by atoms with Crippen molar-refractivity contribution in [1.29, 1.82) is 0 Å². The molecule has 0 heterocycles. The van der Waals surface area contributed by atoms with Crippen LogP contribution in [0.1, 0.15) is 41.5 Å². The molecule has 0 fully saturated rings. The van der Waals surface area contributed by atoms with E-state index in [0.717, 1.165) is 6.26 Å². The first-order valence-electron chi connectivity index (χ1n) is 6.18. The number of carbonyl (C=O) groups is 2. The predicted octanol–water partition coefficient (Wildman–Crippen LogP) is 2.86. The standard InChI is InChI=1S/C13H22O7/c1-8(2)13(5,6)20-17-7-9(3)11(14)18-10(4)19-12(15)16/h7-8,10H,1-6H3,(H,15,16). The SMILES string of the molecule is CC(=COOC(C)(C)C(C)C)C(=O)OC(C)OC(=O)O. The van der Waals surface area contributed by atoms with Crippen molar-refractivity contribution in [3.63, 3.8) is 0 Å². The molecular formula is C13H22O7. The van der Waals surface area contributed by atoms with Gasteiger partial charge in [-0.3, -0.25) is 0 Å². The van der Waals surface area contributed by atoms with E-state index in [-0.39, 0.29) is 11.5 Å². The first-order chi connectivity index (χ1) is 9.06. The molecule has 20 heavy (non-hydrogen) atoms. The van der Waals surface area contributed by atoms with Crippen LogP contribution in [0, 0.1) is 5.92 Å². The molecular weight excluding hydrogens is 268 g/mol. The Morgan fingerprint density at radius 1 is 1.15 bits per heavy atom. The zero-order chi connectivity index (χ0) is 15.9. The van der Waals surface area contributed by atoms with Crippen LogP contribution in [0.15, 0.2) is 11.8 Å². The molecule has 1 atom stereocenters. The first kappa shape index (κ1) is 18.2. The molecule has 0 aromatic heterocycles. The molecule has 0 aliphatic heterocycles. The van der Waals surface area contributed by atoms with Gasteiger partial charge in [0.05, 0.1) is 5.57 Å². The van der Waals surface area contributed by atoms with E-state index in [2.05, 4.69) is 4.74 Å². The highest BCUT2D eigenvalue weighted by Gasteiger charge is 2.25. The van der Waals surface area contributed by atoms with E-state index in [1.807, 2.05) is 27.7 Å². The van der Waals surface area contributed by atoms with Gasteiger partial charge in [0.2, 0.25) is 6.29 Å². The van der Waals surface area contributed by atoms with Gasteiger partial charge in [0.25, 0.3) is 0 Å². The minimum atomic E-state index is -1.52. The van der Waals surface area contributed by atoms with Crippen molar-refractivity contribution >= 4 is 12.1 Å². The average Bonchev–Trinajstić information content (AvgIpc) is 2.26. The first-order valence-corrected chi connectivity index (χ1v) is 6.18. The molecule has 0 saturated heterocycles. The summed E-state index contributed by atoms with van der Waals surface area (Å²) in [6.07, 6.45) is -1.62. The molecule has 0 amide bonds. The maximum atomic E-state index is 11.5. The zero-order valence-corrected chi connectivity index (χ0v) is 12.6. The summed E-state index contributed by atoms with van der Waals surface area (Å²) in [5, 5.41) is 8.35. The van der Waals surface area contributed by atoms with Crippen LogP contribution in [-0.4, -0.2) is 29.1 Å². The third-order valence-electron chi connectivity index (χ3n) is 2.74. The van der Waals surface area contributed by atoms with Gasteiger partial charge in [-0.05, 0) is 26.7 Å². The van der Waals surface area contributed by atoms with Crippen molar-refractivity contribution in [2.75, 3.05) is 0 Å². The summed E-state index contributed by atoms with van der Waals surface area (Å²) < 4.78 is 8.94. The lowest BCUT2D eigenvalue weighted by Gasteiger charge is -2.26. The fourth-order valence-electron chi connectivity index (χ4n) is 0.774. The Morgan fingerprint density at radius 2 is 1.70 bits per heavy atom. The lowest BCUT2D eigenvalue weighted by Crippen LogP contribution is -2.30. The second-order valence-electron chi connectivity index (χ2n) is 5.10. The third-order valence-corrected chi connectivity index (χ3v) is 2.74. The number of carbonyl (C=O) groups excluding carboxylic acids is 1. The number of hydrogen-bond donors (Lipinski definition) is 1. The largest absolute Gasteiger partial charge is 0.508 e. The smallest absolute Gasteiger partial charge is 0.450 e. The van der Waals surface area contributed by atoms with Crippen molar-refractivity contribution in [2.45, 2.75) is 53.4 Å². The van der Waals surface area contributed by atoms with Crippen molar-refractivity contribution in [3.8, 4) is 0 Å². The highest BCUT2D eigenvalue weighted by Crippen LogP contribution is 2.20. The Labute approximate surface area is 118 Å².